The molecule has 0 saturated heterocycles. The van der Waals surface area contributed by atoms with Gasteiger partial charge >= 0.3 is 6.03 Å². The molecule has 9 nitrogen and oxygen atoms in total. The molecule has 0 spiro atoms. The number of amides is 2. The second kappa shape index (κ2) is 9.69. The van der Waals surface area contributed by atoms with Crippen molar-refractivity contribution in [1.29, 1.82) is 0 Å². The number of hydrogen-bond donors (Lipinski definition) is 2. The number of hydrazone groups is 1. The van der Waals surface area contributed by atoms with E-state index in [0.717, 1.165) is 11.3 Å². The normalized spacial score (nSPS) is 10.4. The highest BCUT2D eigenvalue weighted by Crippen LogP contribution is 2.17. The van der Waals surface area contributed by atoms with Gasteiger partial charge in [-0.2, -0.15) is 10.1 Å². The molecule has 0 aliphatic carbocycles. The van der Waals surface area contributed by atoms with E-state index >= 15 is 0 Å². The average Bonchev–Trinajstić information content (AvgIpc) is 2.79. The summed E-state index contributed by atoms with van der Waals surface area (Å²) in [5, 5.41) is 16.2. The molecule has 3 aromatic rings. The minimum Gasteiger partial charge on any atom is -0.497 e. The van der Waals surface area contributed by atoms with Gasteiger partial charge in [0.15, 0.2) is 0 Å². The van der Waals surface area contributed by atoms with Crippen LogP contribution >= 0.6 is 0 Å². The van der Waals surface area contributed by atoms with Crippen molar-refractivity contribution in [1.82, 2.24) is 5.43 Å². The predicted octanol–water partition coefficient (Wildman–Crippen LogP) is 4.18. The van der Waals surface area contributed by atoms with E-state index in [1.807, 2.05) is 18.2 Å². The Balaban J connectivity index is 1.73. The zero-order chi connectivity index (χ0) is 21.3. The van der Waals surface area contributed by atoms with Crippen molar-refractivity contribution in [2.45, 2.75) is 0 Å². The highest BCUT2D eigenvalue weighted by Gasteiger charge is 2.14. The summed E-state index contributed by atoms with van der Waals surface area (Å²) in [7, 11) is 1.59. The van der Waals surface area contributed by atoms with Crippen LogP contribution in [0.3, 0.4) is 0 Å². The van der Waals surface area contributed by atoms with Crippen LogP contribution in [0.15, 0.2) is 84.0 Å². The van der Waals surface area contributed by atoms with E-state index in [2.05, 4.69) is 16.0 Å². The molecule has 0 saturated carbocycles. The van der Waals surface area contributed by atoms with Crippen LogP contribution in [-0.4, -0.2) is 24.3 Å². The van der Waals surface area contributed by atoms with E-state index < -0.39 is 11.0 Å². The van der Waals surface area contributed by atoms with Crippen LogP contribution in [0.2, 0.25) is 0 Å². The molecule has 3 rings (SSSR count). The van der Waals surface area contributed by atoms with Gasteiger partial charge in [0.25, 0.3) is 5.69 Å². The first-order chi connectivity index (χ1) is 14.6. The van der Waals surface area contributed by atoms with Gasteiger partial charge in [0.05, 0.1) is 29.6 Å². The number of carbonyl (C=O) groups is 1. The monoisotopic (exact) mass is 405 g/mol. The van der Waals surface area contributed by atoms with E-state index in [4.69, 9.17) is 4.74 Å². The summed E-state index contributed by atoms with van der Waals surface area (Å²) < 4.78 is 5.13. The number of para-hydroxylation sites is 1. The third kappa shape index (κ3) is 5.32. The van der Waals surface area contributed by atoms with Gasteiger partial charge in [0.1, 0.15) is 5.75 Å². The van der Waals surface area contributed by atoms with Gasteiger partial charge in [0, 0.05) is 12.1 Å². The van der Waals surface area contributed by atoms with Crippen molar-refractivity contribution in [3.63, 3.8) is 0 Å². The van der Waals surface area contributed by atoms with Crippen LogP contribution in [0.5, 0.6) is 5.75 Å². The number of non-ortho nitro benzene ring substituents is 1. The van der Waals surface area contributed by atoms with Crippen molar-refractivity contribution in [2.24, 2.45) is 5.10 Å². The fourth-order valence-electron chi connectivity index (χ4n) is 2.46. The van der Waals surface area contributed by atoms with Crippen molar-refractivity contribution in [2.75, 3.05) is 17.5 Å². The number of nitrogens with zero attached hydrogens (tertiary/aromatic N) is 3. The number of ether oxygens (including phenoxy) is 1. The summed E-state index contributed by atoms with van der Waals surface area (Å²) in [6.07, 6.45) is 1.55. The molecule has 0 atom stereocenters. The van der Waals surface area contributed by atoms with Gasteiger partial charge in [-0.1, -0.05) is 18.2 Å². The topological polar surface area (TPSA) is 109 Å². The van der Waals surface area contributed by atoms with Gasteiger partial charge in [-0.05, 0) is 54.1 Å². The predicted molar refractivity (Wildman–Crippen MR) is 115 cm³/mol. The van der Waals surface area contributed by atoms with Crippen LogP contribution in [0.4, 0.5) is 21.9 Å². The molecule has 0 aliphatic rings. The van der Waals surface area contributed by atoms with Gasteiger partial charge < -0.3 is 4.74 Å². The SMILES string of the molecule is COc1ccc(/C=N/N(C(=O)NNc2ccc([N+](=O)[O-])cc2)c2ccccc2)cc1. The molecular formula is C21H19N5O4. The minimum absolute atomic E-state index is 0.0399. The number of carbonyl (C=O) groups excluding carboxylic acids is 1. The Morgan fingerprint density at radius 2 is 1.70 bits per heavy atom. The second-order valence-electron chi connectivity index (χ2n) is 6.02. The minimum atomic E-state index is -0.538. The molecule has 0 fully saturated rings. The van der Waals surface area contributed by atoms with Crippen LogP contribution in [0.1, 0.15) is 5.56 Å². The van der Waals surface area contributed by atoms with E-state index in [0.29, 0.717) is 11.4 Å². The van der Waals surface area contributed by atoms with Gasteiger partial charge in [0.2, 0.25) is 0 Å². The van der Waals surface area contributed by atoms with Gasteiger partial charge in [-0.25, -0.2) is 10.2 Å². The first-order valence-corrected chi connectivity index (χ1v) is 8.90. The van der Waals surface area contributed by atoms with Crippen LogP contribution in [0.25, 0.3) is 0 Å². The summed E-state index contributed by atoms with van der Waals surface area (Å²) in [5.74, 6) is 0.720. The van der Waals surface area contributed by atoms with Crippen molar-refractivity contribution in [3.8, 4) is 5.75 Å². The molecule has 2 N–H and O–H groups in total. The largest absolute Gasteiger partial charge is 0.497 e. The Bertz CT molecular complexity index is 1020. The average molecular weight is 405 g/mol. The zero-order valence-corrected chi connectivity index (χ0v) is 16.1. The molecular weight excluding hydrogens is 386 g/mol. The number of anilines is 2. The molecule has 0 heterocycles. The number of rotatable bonds is 7. The standard InChI is InChI=1S/C21H19N5O4/c1-30-20-13-7-16(8-14-20)15-22-25(18-5-3-2-4-6-18)21(27)24-23-17-9-11-19(12-10-17)26(28)29/h2-15,23H,1H3,(H,24,27)/b22-15+. The molecule has 0 aliphatic heterocycles. The molecule has 2 amide bonds. The van der Waals surface area contributed by atoms with E-state index in [1.165, 1.54) is 29.3 Å². The second-order valence-corrected chi connectivity index (χ2v) is 6.02. The lowest BCUT2D eigenvalue weighted by Gasteiger charge is -2.18. The molecule has 3 aromatic carbocycles. The van der Waals surface area contributed by atoms with Gasteiger partial charge in [-0.3, -0.25) is 15.5 Å². The molecule has 152 valence electrons. The highest BCUT2D eigenvalue weighted by atomic mass is 16.6. The Hall–Kier alpha value is -4.40. The fourth-order valence-corrected chi connectivity index (χ4v) is 2.46. The quantitative estimate of drug-likeness (QED) is 0.348. The maximum Gasteiger partial charge on any atom is 0.361 e. The van der Waals surface area contributed by atoms with Crippen molar-refractivity contribution < 1.29 is 14.5 Å². The Morgan fingerprint density at radius 3 is 2.30 bits per heavy atom. The number of nitrogens with one attached hydrogen (secondary N) is 2. The summed E-state index contributed by atoms with van der Waals surface area (Å²) in [6.45, 7) is 0. The Labute approximate surface area is 172 Å². The molecule has 30 heavy (non-hydrogen) atoms. The Morgan fingerprint density at radius 1 is 1.03 bits per heavy atom. The third-order valence-electron chi connectivity index (χ3n) is 4.02. The summed E-state index contributed by atoms with van der Waals surface area (Å²) >= 11 is 0. The highest BCUT2D eigenvalue weighted by molar-refractivity contribution is 5.94. The smallest absolute Gasteiger partial charge is 0.361 e. The van der Waals surface area contributed by atoms with Crippen LogP contribution < -0.4 is 20.6 Å². The van der Waals surface area contributed by atoms with Crippen molar-refractivity contribution in [3.05, 3.63) is 94.5 Å². The maximum atomic E-state index is 12.7. The van der Waals surface area contributed by atoms with Crippen LogP contribution in [-0.2, 0) is 0 Å². The van der Waals surface area contributed by atoms with Gasteiger partial charge in [-0.15, -0.1) is 0 Å². The number of hydrazine groups is 1. The fraction of sp³-hybridized carbons (Fsp3) is 0.0476. The lowest BCUT2D eigenvalue weighted by Crippen LogP contribution is -2.40. The van der Waals surface area contributed by atoms with E-state index in [9.17, 15) is 14.9 Å². The molecule has 0 bridgehead atoms. The van der Waals surface area contributed by atoms with E-state index in [1.54, 1.807) is 49.7 Å². The molecule has 0 radical (unpaired) electrons. The number of hydrogen-bond acceptors (Lipinski definition) is 6. The summed E-state index contributed by atoms with van der Waals surface area (Å²) in [5.41, 5.74) is 7.05. The molecule has 0 unspecified atom stereocenters. The molecule has 0 aromatic heterocycles. The number of nitro benzene ring substituents is 1. The number of benzene rings is 3. The first kappa shape index (κ1) is 20.3. The lowest BCUT2D eigenvalue weighted by molar-refractivity contribution is -0.384. The summed E-state index contributed by atoms with van der Waals surface area (Å²) in [6, 6.07) is 21.3. The number of methoxy groups -OCH3 is 1. The third-order valence-corrected chi connectivity index (χ3v) is 4.02. The number of nitro groups is 1. The number of urea groups is 1. The summed E-state index contributed by atoms with van der Waals surface area (Å²) in [4.78, 5) is 23.0. The van der Waals surface area contributed by atoms with Crippen LogP contribution in [0, 0.1) is 10.1 Å². The van der Waals surface area contributed by atoms with Crippen molar-refractivity contribution >= 4 is 29.3 Å². The molecule has 9 heteroatoms. The Kier molecular flexibility index (Phi) is 6.57. The van der Waals surface area contributed by atoms with E-state index in [-0.39, 0.29) is 5.69 Å². The zero-order valence-electron chi connectivity index (χ0n) is 16.1. The lowest BCUT2D eigenvalue weighted by atomic mass is 10.2. The maximum absolute atomic E-state index is 12.7. The first-order valence-electron chi connectivity index (χ1n) is 8.90.